The number of benzene rings is 1. The van der Waals surface area contributed by atoms with Crippen LogP contribution in [0.2, 0.25) is 0 Å². The van der Waals surface area contributed by atoms with Crippen LogP contribution in [0.5, 0.6) is 0 Å². The zero-order valence-electron chi connectivity index (χ0n) is 17.8. The second kappa shape index (κ2) is 9.74. The summed E-state index contributed by atoms with van der Waals surface area (Å²) < 4.78 is 172. The number of carbonyl (C=O) groups excluding carboxylic acids is 1. The van der Waals surface area contributed by atoms with Gasteiger partial charge in [-0.15, -0.1) is 0 Å². The number of carbonyl (C=O) groups is 1. The molecule has 0 atom stereocenters. The highest BCUT2D eigenvalue weighted by Gasteiger charge is 2.91. The van der Waals surface area contributed by atoms with Crippen LogP contribution in [-0.4, -0.2) is 84.2 Å². The van der Waals surface area contributed by atoms with Crippen LogP contribution in [0.4, 0.5) is 57.1 Å². The minimum absolute atomic E-state index is 0.0958. The average Bonchev–Trinajstić information content (AvgIpc) is 2.78. The summed E-state index contributed by atoms with van der Waals surface area (Å²) in [4.78, 5) is 13.3. The van der Waals surface area contributed by atoms with E-state index in [0.717, 1.165) is 5.56 Å². The lowest BCUT2D eigenvalue weighted by molar-refractivity contribution is -0.436. The van der Waals surface area contributed by atoms with Crippen molar-refractivity contribution in [1.82, 2.24) is 9.80 Å². The van der Waals surface area contributed by atoms with Gasteiger partial charge in [0, 0.05) is 32.7 Å². The first-order valence-corrected chi connectivity index (χ1v) is 9.91. The van der Waals surface area contributed by atoms with Gasteiger partial charge in [0.2, 0.25) is 0 Å². The Morgan fingerprint density at radius 3 is 1.64 bits per heavy atom. The third-order valence-electron chi connectivity index (χ3n) is 5.33. The molecule has 0 aromatic heterocycles. The summed E-state index contributed by atoms with van der Waals surface area (Å²) in [6, 6.07) is 8.73. The Hall–Kier alpha value is -2.52. The number of halogens is 13. The molecule has 1 amide bonds. The van der Waals surface area contributed by atoms with E-state index in [9.17, 15) is 61.9 Å². The largest absolute Gasteiger partial charge is 0.460 e. The van der Waals surface area contributed by atoms with Crippen molar-refractivity contribution in [3.8, 4) is 0 Å². The van der Waals surface area contributed by atoms with Gasteiger partial charge in [-0.05, 0) is 5.56 Å². The van der Waals surface area contributed by atoms with Gasteiger partial charge >= 0.3 is 35.8 Å². The zero-order valence-corrected chi connectivity index (χ0v) is 17.8. The molecular weight excluding hydrogens is 531 g/mol. The van der Waals surface area contributed by atoms with Crippen LogP contribution in [0, 0.1) is 0 Å². The van der Waals surface area contributed by atoms with Gasteiger partial charge in [-0.1, -0.05) is 42.5 Å². The maximum atomic E-state index is 14.1. The third-order valence-corrected chi connectivity index (χ3v) is 5.33. The van der Waals surface area contributed by atoms with Gasteiger partial charge in [-0.25, -0.2) is 0 Å². The summed E-state index contributed by atoms with van der Waals surface area (Å²) in [5, 5.41) is 0. The third kappa shape index (κ3) is 5.00. The Kier molecular flexibility index (Phi) is 8.04. The Labute approximate surface area is 195 Å². The van der Waals surface area contributed by atoms with Gasteiger partial charge in [0.15, 0.2) is 0 Å². The standard InChI is InChI=1S/C20H17F13N2O/c21-15(22,16(23,24)17(25,26)18(27,28)19(29,30)20(31,32)33)14(36)35-11-9-34(10-12-35)8-4-7-13-5-2-1-3-6-13/h1-7H,8-12H2/b7-4+. The van der Waals surface area contributed by atoms with Crippen LogP contribution in [0.15, 0.2) is 36.4 Å². The van der Waals surface area contributed by atoms with Gasteiger partial charge in [-0.2, -0.15) is 57.1 Å². The first kappa shape index (κ1) is 29.7. The fourth-order valence-corrected chi connectivity index (χ4v) is 3.14. The van der Waals surface area contributed by atoms with Crippen molar-refractivity contribution in [1.29, 1.82) is 0 Å². The molecule has 3 nitrogen and oxygen atoms in total. The predicted molar refractivity (Wildman–Crippen MR) is 99.3 cm³/mol. The Bertz CT molecular complexity index is 937. The zero-order chi connectivity index (χ0) is 27.8. The van der Waals surface area contributed by atoms with Gasteiger partial charge in [0.25, 0.3) is 5.91 Å². The van der Waals surface area contributed by atoms with Crippen molar-refractivity contribution >= 4 is 12.0 Å². The van der Waals surface area contributed by atoms with Gasteiger partial charge in [-0.3, -0.25) is 9.69 Å². The number of nitrogens with zero attached hydrogens (tertiary/aromatic N) is 2. The van der Waals surface area contributed by atoms with E-state index >= 15 is 0 Å². The van der Waals surface area contributed by atoms with E-state index in [1.807, 2.05) is 0 Å². The highest BCUT2D eigenvalue weighted by atomic mass is 19.4. The Balaban J connectivity index is 2.14. The monoisotopic (exact) mass is 548 g/mol. The summed E-state index contributed by atoms with van der Waals surface area (Å²) in [7, 11) is 0. The Morgan fingerprint density at radius 1 is 0.694 bits per heavy atom. The van der Waals surface area contributed by atoms with Crippen LogP contribution < -0.4 is 0 Å². The summed E-state index contributed by atoms with van der Waals surface area (Å²) >= 11 is 0. The molecule has 36 heavy (non-hydrogen) atoms. The molecule has 0 N–H and O–H groups in total. The van der Waals surface area contributed by atoms with E-state index in [1.54, 1.807) is 42.5 Å². The molecule has 0 spiro atoms. The summed E-state index contributed by atoms with van der Waals surface area (Å²) in [6.45, 7) is -1.88. The highest BCUT2D eigenvalue weighted by molar-refractivity contribution is 5.85. The summed E-state index contributed by atoms with van der Waals surface area (Å²) in [5.41, 5.74) is 0.794. The quantitative estimate of drug-likeness (QED) is 0.396. The minimum Gasteiger partial charge on any atom is -0.335 e. The van der Waals surface area contributed by atoms with Crippen molar-refractivity contribution in [3.63, 3.8) is 0 Å². The predicted octanol–water partition coefficient (Wildman–Crippen LogP) is 5.58. The molecule has 2 rings (SSSR count). The van der Waals surface area contributed by atoms with E-state index in [0.29, 0.717) is 0 Å². The van der Waals surface area contributed by atoms with Crippen molar-refractivity contribution in [2.24, 2.45) is 0 Å². The van der Waals surface area contributed by atoms with Crippen LogP contribution in [0.1, 0.15) is 5.56 Å². The SMILES string of the molecule is O=C(N1CCN(C/C=C/c2ccccc2)CC1)C(F)(F)C(F)(F)C(F)(F)C(F)(F)C(F)(F)C(F)(F)F. The lowest BCUT2D eigenvalue weighted by Crippen LogP contribution is -2.72. The second-order valence-electron chi connectivity index (χ2n) is 7.78. The average molecular weight is 548 g/mol. The second-order valence-corrected chi connectivity index (χ2v) is 7.78. The molecule has 1 aliphatic rings. The number of amides is 1. The molecule has 1 aliphatic heterocycles. The van der Waals surface area contributed by atoms with Crippen molar-refractivity contribution in [3.05, 3.63) is 42.0 Å². The maximum absolute atomic E-state index is 14.1. The van der Waals surface area contributed by atoms with E-state index < -0.39 is 54.8 Å². The first-order valence-electron chi connectivity index (χ1n) is 9.91. The van der Waals surface area contributed by atoms with E-state index in [-0.39, 0.29) is 24.5 Å². The van der Waals surface area contributed by atoms with Crippen LogP contribution in [0.3, 0.4) is 0 Å². The highest BCUT2D eigenvalue weighted by Crippen LogP contribution is 2.60. The minimum atomic E-state index is -8.03. The fourth-order valence-electron chi connectivity index (χ4n) is 3.14. The molecule has 0 saturated carbocycles. The lowest BCUT2D eigenvalue weighted by atomic mass is 9.93. The van der Waals surface area contributed by atoms with E-state index in [1.165, 1.54) is 4.90 Å². The van der Waals surface area contributed by atoms with Crippen molar-refractivity contribution < 1.29 is 61.9 Å². The number of hydrogen-bond donors (Lipinski definition) is 0. The maximum Gasteiger partial charge on any atom is 0.460 e. The molecule has 0 bridgehead atoms. The fraction of sp³-hybridized carbons (Fsp3) is 0.550. The van der Waals surface area contributed by atoms with E-state index in [2.05, 4.69) is 0 Å². The molecule has 1 aromatic rings. The smallest absolute Gasteiger partial charge is 0.335 e. The van der Waals surface area contributed by atoms with E-state index in [4.69, 9.17) is 0 Å². The first-order chi connectivity index (χ1) is 16.2. The van der Waals surface area contributed by atoms with Crippen molar-refractivity contribution in [2.75, 3.05) is 32.7 Å². The number of rotatable bonds is 8. The topological polar surface area (TPSA) is 23.6 Å². The normalized spacial score (nSPS) is 17.6. The molecule has 1 saturated heterocycles. The van der Waals surface area contributed by atoms with Gasteiger partial charge in [0.05, 0.1) is 0 Å². The van der Waals surface area contributed by atoms with Crippen LogP contribution in [0.25, 0.3) is 6.08 Å². The number of alkyl halides is 13. The molecule has 204 valence electrons. The molecular formula is C20H17F13N2O. The number of piperazine rings is 1. The molecule has 0 aliphatic carbocycles. The molecule has 1 fully saturated rings. The molecule has 0 unspecified atom stereocenters. The molecule has 1 aromatic carbocycles. The lowest BCUT2D eigenvalue weighted by Gasteiger charge is -2.41. The molecule has 1 heterocycles. The van der Waals surface area contributed by atoms with Crippen LogP contribution >= 0.6 is 0 Å². The molecule has 16 heteroatoms. The summed E-state index contributed by atoms with van der Waals surface area (Å²) in [5.74, 6) is -41.3. The number of hydrogen-bond acceptors (Lipinski definition) is 2. The van der Waals surface area contributed by atoms with Crippen LogP contribution in [-0.2, 0) is 4.79 Å². The Morgan fingerprint density at radius 2 is 1.17 bits per heavy atom. The van der Waals surface area contributed by atoms with Gasteiger partial charge < -0.3 is 4.90 Å². The summed E-state index contributed by atoms with van der Waals surface area (Å²) in [6.07, 6.45) is -4.20. The molecule has 0 radical (unpaired) electrons. The van der Waals surface area contributed by atoms with Crippen molar-refractivity contribution in [2.45, 2.75) is 35.8 Å². The van der Waals surface area contributed by atoms with Gasteiger partial charge in [0.1, 0.15) is 0 Å².